The molecular weight excluding hydrogens is 358 g/mol. The van der Waals surface area contributed by atoms with E-state index in [1.807, 2.05) is 0 Å². The van der Waals surface area contributed by atoms with E-state index in [0.717, 1.165) is 37.0 Å². The molecule has 1 heterocycles. The number of rotatable bonds is 5. The third kappa shape index (κ3) is 4.26. The van der Waals surface area contributed by atoms with Gasteiger partial charge in [-0.25, -0.2) is 4.79 Å². The zero-order valence-electron chi connectivity index (χ0n) is 15.9. The maximum absolute atomic E-state index is 12.3. The lowest BCUT2D eigenvalue weighted by atomic mass is 9.53. The van der Waals surface area contributed by atoms with Crippen LogP contribution in [-0.4, -0.2) is 34.9 Å². The van der Waals surface area contributed by atoms with Gasteiger partial charge in [0.05, 0.1) is 0 Å². The molecule has 28 heavy (non-hydrogen) atoms. The molecule has 4 amide bonds. The standard InChI is InChI=1S/C20H27N5O3/c26-17(24-25-18(27)16-3-1-2-5-21-16)4-6-22-19(28)23-20-10-13-7-14(11-20)9-15(8-13)12-20/h1-3,5,13-15H,4,6-12H2,(H,24,26)(H,25,27)(H2,22,23,28). The van der Waals surface area contributed by atoms with Crippen molar-refractivity contribution in [3.8, 4) is 0 Å². The van der Waals surface area contributed by atoms with E-state index in [4.69, 9.17) is 0 Å². The smallest absolute Gasteiger partial charge is 0.315 e. The maximum Gasteiger partial charge on any atom is 0.315 e. The fourth-order valence-corrected chi connectivity index (χ4v) is 5.59. The van der Waals surface area contributed by atoms with Crippen molar-refractivity contribution >= 4 is 17.8 Å². The van der Waals surface area contributed by atoms with Crippen LogP contribution in [0.5, 0.6) is 0 Å². The van der Waals surface area contributed by atoms with Gasteiger partial charge in [0.1, 0.15) is 5.69 Å². The summed E-state index contributed by atoms with van der Waals surface area (Å²) in [6.07, 6.45) is 8.83. The Morgan fingerprint density at radius 2 is 1.68 bits per heavy atom. The summed E-state index contributed by atoms with van der Waals surface area (Å²) < 4.78 is 0. The summed E-state index contributed by atoms with van der Waals surface area (Å²) in [7, 11) is 0. The van der Waals surface area contributed by atoms with Gasteiger partial charge >= 0.3 is 6.03 Å². The van der Waals surface area contributed by atoms with E-state index in [0.29, 0.717) is 0 Å². The van der Waals surface area contributed by atoms with Crippen molar-refractivity contribution in [2.45, 2.75) is 50.5 Å². The zero-order chi connectivity index (χ0) is 19.6. The fraction of sp³-hybridized carbons (Fsp3) is 0.600. The first-order valence-corrected chi connectivity index (χ1v) is 10.1. The van der Waals surface area contributed by atoms with E-state index < -0.39 is 5.91 Å². The van der Waals surface area contributed by atoms with E-state index in [9.17, 15) is 14.4 Å². The summed E-state index contributed by atoms with van der Waals surface area (Å²) in [5.41, 5.74) is 4.82. The van der Waals surface area contributed by atoms with Crippen molar-refractivity contribution in [3.63, 3.8) is 0 Å². The molecule has 0 radical (unpaired) electrons. The predicted octanol–water partition coefficient (Wildman–Crippen LogP) is 1.50. The number of amides is 4. The topological polar surface area (TPSA) is 112 Å². The molecule has 150 valence electrons. The normalized spacial score (nSPS) is 29.8. The van der Waals surface area contributed by atoms with Gasteiger partial charge in [0, 0.05) is 24.7 Å². The molecule has 8 nitrogen and oxygen atoms in total. The van der Waals surface area contributed by atoms with Crippen molar-refractivity contribution < 1.29 is 14.4 Å². The van der Waals surface area contributed by atoms with Gasteiger partial charge < -0.3 is 10.6 Å². The molecule has 0 spiro atoms. The number of hydrazine groups is 1. The number of nitrogens with zero attached hydrogens (tertiary/aromatic N) is 1. The van der Waals surface area contributed by atoms with Crippen LogP contribution in [0, 0.1) is 17.8 Å². The maximum atomic E-state index is 12.3. The van der Waals surface area contributed by atoms with Gasteiger partial charge in [-0.15, -0.1) is 0 Å². The highest BCUT2D eigenvalue weighted by atomic mass is 16.2. The molecule has 8 heteroatoms. The minimum absolute atomic E-state index is 0.0439. The summed E-state index contributed by atoms with van der Waals surface area (Å²) in [5, 5.41) is 5.98. The van der Waals surface area contributed by atoms with Crippen LogP contribution in [0.3, 0.4) is 0 Å². The van der Waals surface area contributed by atoms with Crippen LogP contribution in [0.4, 0.5) is 4.79 Å². The van der Waals surface area contributed by atoms with Crippen LogP contribution in [0.25, 0.3) is 0 Å². The Balaban J connectivity index is 1.16. The summed E-state index contributed by atoms with van der Waals surface area (Å²) in [6.45, 7) is 0.212. The van der Waals surface area contributed by atoms with E-state index in [2.05, 4.69) is 26.5 Å². The lowest BCUT2D eigenvalue weighted by Crippen LogP contribution is -2.61. The quantitative estimate of drug-likeness (QED) is 0.576. The molecule has 4 aliphatic carbocycles. The highest BCUT2D eigenvalue weighted by molar-refractivity contribution is 5.93. The van der Waals surface area contributed by atoms with Crippen LogP contribution in [0.1, 0.15) is 55.4 Å². The number of nitrogens with one attached hydrogen (secondary N) is 4. The van der Waals surface area contributed by atoms with Crippen molar-refractivity contribution in [1.82, 2.24) is 26.5 Å². The van der Waals surface area contributed by atoms with Crippen molar-refractivity contribution in [2.24, 2.45) is 17.8 Å². The summed E-state index contributed by atoms with van der Waals surface area (Å²) in [6, 6.07) is 4.75. The number of pyridine rings is 1. The molecule has 0 aliphatic heterocycles. The summed E-state index contributed by atoms with van der Waals surface area (Å²) in [4.78, 5) is 39.9. The first-order chi connectivity index (χ1) is 13.5. The second-order valence-electron chi connectivity index (χ2n) is 8.55. The van der Waals surface area contributed by atoms with Crippen molar-refractivity contribution in [2.75, 3.05) is 6.54 Å². The number of hydrogen-bond acceptors (Lipinski definition) is 4. The molecule has 1 aromatic rings. The highest BCUT2D eigenvalue weighted by Crippen LogP contribution is 2.55. The van der Waals surface area contributed by atoms with E-state index in [-0.39, 0.29) is 36.1 Å². The fourth-order valence-electron chi connectivity index (χ4n) is 5.59. The molecular formula is C20H27N5O3. The third-order valence-corrected chi connectivity index (χ3v) is 6.27. The largest absolute Gasteiger partial charge is 0.338 e. The zero-order valence-corrected chi connectivity index (χ0v) is 15.9. The lowest BCUT2D eigenvalue weighted by Gasteiger charge is -2.56. The van der Waals surface area contributed by atoms with Crippen molar-refractivity contribution in [1.29, 1.82) is 0 Å². The van der Waals surface area contributed by atoms with Gasteiger partial charge in [-0.2, -0.15) is 0 Å². The Bertz CT molecular complexity index is 716. The van der Waals surface area contributed by atoms with E-state index >= 15 is 0 Å². The van der Waals surface area contributed by atoms with E-state index in [1.165, 1.54) is 25.5 Å². The highest BCUT2D eigenvalue weighted by Gasteiger charge is 2.51. The van der Waals surface area contributed by atoms with Gasteiger partial charge in [0.2, 0.25) is 5.91 Å². The van der Waals surface area contributed by atoms with Crippen LogP contribution in [0.2, 0.25) is 0 Å². The lowest BCUT2D eigenvalue weighted by molar-refractivity contribution is -0.121. The average Bonchev–Trinajstić information content (AvgIpc) is 2.65. The van der Waals surface area contributed by atoms with Gasteiger partial charge in [0.25, 0.3) is 5.91 Å². The number of carbonyl (C=O) groups is 3. The van der Waals surface area contributed by atoms with E-state index in [1.54, 1.807) is 18.2 Å². The molecule has 0 aromatic carbocycles. The number of hydrogen-bond donors (Lipinski definition) is 4. The Labute approximate surface area is 164 Å². The Morgan fingerprint density at radius 3 is 2.29 bits per heavy atom. The Kier molecular flexibility index (Phi) is 5.19. The number of aromatic nitrogens is 1. The first kappa shape index (κ1) is 18.7. The number of carbonyl (C=O) groups excluding carboxylic acids is 3. The molecule has 4 bridgehead atoms. The monoisotopic (exact) mass is 385 g/mol. The summed E-state index contributed by atoms with van der Waals surface area (Å²) in [5.74, 6) is 1.43. The molecule has 4 N–H and O–H groups in total. The van der Waals surface area contributed by atoms with Gasteiger partial charge in [0.15, 0.2) is 0 Å². The van der Waals surface area contributed by atoms with Gasteiger partial charge in [-0.1, -0.05) is 6.07 Å². The molecule has 0 atom stereocenters. The molecule has 5 rings (SSSR count). The second-order valence-corrected chi connectivity index (χ2v) is 8.55. The van der Waals surface area contributed by atoms with Crippen LogP contribution < -0.4 is 21.5 Å². The van der Waals surface area contributed by atoms with Gasteiger partial charge in [-0.05, 0) is 68.4 Å². The molecule has 0 unspecified atom stereocenters. The molecule has 4 saturated carbocycles. The minimum Gasteiger partial charge on any atom is -0.338 e. The number of urea groups is 1. The first-order valence-electron chi connectivity index (χ1n) is 10.1. The van der Waals surface area contributed by atoms with Crippen LogP contribution in [-0.2, 0) is 4.79 Å². The van der Waals surface area contributed by atoms with Crippen LogP contribution in [0.15, 0.2) is 24.4 Å². The summed E-state index contributed by atoms with van der Waals surface area (Å²) >= 11 is 0. The van der Waals surface area contributed by atoms with Crippen LogP contribution >= 0.6 is 0 Å². The second kappa shape index (κ2) is 7.77. The Morgan fingerprint density at radius 1 is 1.00 bits per heavy atom. The van der Waals surface area contributed by atoms with Gasteiger partial charge in [-0.3, -0.25) is 25.4 Å². The SMILES string of the molecule is O=C(CCNC(=O)NC12CC3CC(CC(C3)C1)C2)NNC(=O)c1ccccn1. The minimum atomic E-state index is -0.485. The third-order valence-electron chi connectivity index (χ3n) is 6.27. The predicted molar refractivity (Wildman–Crippen MR) is 102 cm³/mol. The Hall–Kier alpha value is -2.64. The molecule has 4 fully saturated rings. The average molecular weight is 385 g/mol. The molecule has 1 aromatic heterocycles. The molecule has 0 saturated heterocycles. The molecule has 4 aliphatic rings. The van der Waals surface area contributed by atoms with Crippen molar-refractivity contribution in [3.05, 3.63) is 30.1 Å².